The average molecular weight is 328 g/mol. The number of carbonyl (C=O) groups is 1. The molecule has 3 heterocycles. The van der Waals surface area contributed by atoms with E-state index in [1.165, 1.54) is 5.56 Å². The molecule has 6 nitrogen and oxygen atoms in total. The van der Waals surface area contributed by atoms with Gasteiger partial charge in [-0.2, -0.15) is 5.10 Å². The lowest BCUT2D eigenvalue weighted by atomic mass is 9.92. The maximum atomic E-state index is 12.9. The lowest BCUT2D eigenvalue weighted by Crippen LogP contribution is -2.30. The first-order valence-electron chi connectivity index (χ1n) is 8.37. The van der Waals surface area contributed by atoms with Crippen molar-refractivity contribution in [3.05, 3.63) is 47.5 Å². The summed E-state index contributed by atoms with van der Waals surface area (Å²) in [5.74, 6) is 0.592. The molecule has 2 aromatic rings. The molecule has 1 aliphatic heterocycles. The minimum absolute atomic E-state index is 0.0495. The molecule has 3 rings (SSSR count). The summed E-state index contributed by atoms with van der Waals surface area (Å²) in [5, 5.41) is 4.28. The molecule has 1 saturated heterocycles. The van der Waals surface area contributed by atoms with Crippen molar-refractivity contribution in [2.24, 2.45) is 13.0 Å². The molecular weight excluding hydrogens is 304 g/mol. The van der Waals surface area contributed by atoms with Gasteiger partial charge in [-0.1, -0.05) is 0 Å². The molecule has 1 fully saturated rings. The Labute approximate surface area is 142 Å². The Hall–Kier alpha value is -2.21. The largest absolute Gasteiger partial charge is 0.381 e. The van der Waals surface area contributed by atoms with Crippen LogP contribution in [-0.4, -0.2) is 51.9 Å². The molecule has 128 valence electrons. The van der Waals surface area contributed by atoms with Crippen molar-refractivity contribution in [1.29, 1.82) is 0 Å². The third kappa shape index (κ3) is 3.33. The third-order valence-electron chi connectivity index (χ3n) is 4.65. The number of hydrogen-bond donors (Lipinski definition) is 0. The fourth-order valence-electron chi connectivity index (χ4n) is 3.37. The zero-order chi connectivity index (χ0) is 17.1. The molecule has 2 atom stereocenters. The second kappa shape index (κ2) is 7.13. The van der Waals surface area contributed by atoms with E-state index in [4.69, 9.17) is 4.74 Å². The summed E-state index contributed by atoms with van der Waals surface area (Å²) < 4.78 is 7.46. The highest BCUT2D eigenvalue weighted by atomic mass is 16.5. The summed E-state index contributed by atoms with van der Waals surface area (Å²) in [6.07, 6.45) is 5.65. The molecule has 0 N–H and O–H groups in total. The van der Waals surface area contributed by atoms with Crippen LogP contribution in [0, 0.1) is 12.8 Å². The van der Waals surface area contributed by atoms with Gasteiger partial charge >= 0.3 is 0 Å². The lowest BCUT2D eigenvalue weighted by Gasteiger charge is -2.17. The molecule has 1 amide bonds. The first kappa shape index (κ1) is 16.6. The zero-order valence-corrected chi connectivity index (χ0v) is 14.5. The predicted octanol–water partition coefficient (Wildman–Crippen LogP) is 2.02. The number of aryl methyl sites for hydroxylation is 2. The Morgan fingerprint density at radius 3 is 2.92 bits per heavy atom. The summed E-state index contributed by atoms with van der Waals surface area (Å²) in [4.78, 5) is 19.1. The Bertz CT molecular complexity index is 713. The van der Waals surface area contributed by atoms with E-state index in [1.807, 2.05) is 55.0 Å². The monoisotopic (exact) mass is 328 g/mol. The van der Waals surface area contributed by atoms with Gasteiger partial charge in [-0.05, 0) is 31.5 Å². The van der Waals surface area contributed by atoms with Crippen molar-refractivity contribution in [3.8, 4) is 0 Å². The van der Waals surface area contributed by atoms with E-state index in [0.717, 1.165) is 5.69 Å². The smallest absolute Gasteiger partial charge is 0.255 e. The molecule has 6 heteroatoms. The van der Waals surface area contributed by atoms with Crippen LogP contribution < -0.4 is 0 Å². The van der Waals surface area contributed by atoms with Crippen molar-refractivity contribution in [1.82, 2.24) is 19.7 Å². The van der Waals surface area contributed by atoms with E-state index in [9.17, 15) is 4.79 Å². The van der Waals surface area contributed by atoms with Gasteiger partial charge in [0.1, 0.15) is 0 Å². The SMILES string of the molecule is CCOC[C@@H]1CN(C(=O)c2cccnc2C)C[C@H]1c1cnn(C)c1. The Morgan fingerprint density at radius 2 is 2.25 bits per heavy atom. The van der Waals surface area contributed by atoms with Gasteiger partial charge in [0.05, 0.1) is 18.4 Å². The van der Waals surface area contributed by atoms with Gasteiger partial charge in [0.25, 0.3) is 5.91 Å². The number of aromatic nitrogens is 3. The van der Waals surface area contributed by atoms with Crippen molar-refractivity contribution in [2.45, 2.75) is 19.8 Å². The molecule has 0 radical (unpaired) electrons. The topological polar surface area (TPSA) is 60.2 Å². The number of rotatable bonds is 5. The van der Waals surface area contributed by atoms with E-state index in [2.05, 4.69) is 10.1 Å². The number of pyridine rings is 1. The van der Waals surface area contributed by atoms with Crippen molar-refractivity contribution < 1.29 is 9.53 Å². The molecule has 0 bridgehead atoms. The van der Waals surface area contributed by atoms with E-state index < -0.39 is 0 Å². The van der Waals surface area contributed by atoms with E-state index in [-0.39, 0.29) is 17.7 Å². The fourth-order valence-corrected chi connectivity index (χ4v) is 3.37. The normalized spacial score (nSPS) is 20.5. The molecule has 24 heavy (non-hydrogen) atoms. The standard InChI is InChI=1S/C18H24N4O2/c1-4-24-12-15-10-22(11-17(15)14-8-20-21(3)9-14)18(23)16-6-5-7-19-13(16)2/h5-9,15,17H,4,10-12H2,1-3H3/t15-,17-/m0/s1. The first-order valence-corrected chi connectivity index (χ1v) is 8.37. The second-order valence-electron chi connectivity index (χ2n) is 6.32. The number of ether oxygens (including phenoxy) is 1. The highest BCUT2D eigenvalue weighted by Crippen LogP contribution is 2.33. The van der Waals surface area contributed by atoms with Crippen molar-refractivity contribution in [3.63, 3.8) is 0 Å². The predicted molar refractivity (Wildman–Crippen MR) is 90.8 cm³/mol. The summed E-state index contributed by atoms with van der Waals surface area (Å²) in [7, 11) is 1.91. The molecule has 0 saturated carbocycles. The summed E-state index contributed by atoms with van der Waals surface area (Å²) in [5.41, 5.74) is 2.62. The van der Waals surface area contributed by atoms with Gasteiger partial charge in [0.2, 0.25) is 0 Å². The molecule has 0 unspecified atom stereocenters. The van der Waals surface area contributed by atoms with Gasteiger partial charge in [-0.25, -0.2) is 0 Å². The van der Waals surface area contributed by atoms with E-state index >= 15 is 0 Å². The van der Waals surface area contributed by atoms with Gasteiger partial charge in [-0.15, -0.1) is 0 Å². The molecule has 0 aliphatic carbocycles. The van der Waals surface area contributed by atoms with Crippen LogP contribution in [0.25, 0.3) is 0 Å². The number of carbonyl (C=O) groups excluding carboxylic acids is 1. The highest BCUT2D eigenvalue weighted by Gasteiger charge is 2.37. The quantitative estimate of drug-likeness (QED) is 0.842. The molecular formula is C18H24N4O2. The maximum Gasteiger partial charge on any atom is 0.255 e. The summed E-state index contributed by atoms with van der Waals surface area (Å²) in [6.45, 7) is 6.61. The van der Waals surface area contributed by atoms with Gasteiger partial charge in [0.15, 0.2) is 0 Å². The van der Waals surface area contributed by atoms with E-state index in [0.29, 0.717) is 31.9 Å². The van der Waals surface area contributed by atoms with Crippen LogP contribution in [0.5, 0.6) is 0 Å². The number of nitrogens with zero attached hydrogens (tertiary/aromatic N) is 4. The Morgan fingerprint density at radius 1 is 1.42 bits per heavy atom. The van der Waals surface area contributed by atoms with Gasteiger partial charge in [0, 0.05) is 56.7 Å². The summed E-state index contributed by atoms with van der Waals surface area (Å²) in [6, 6.07) is 3.66. The van der Waals surface area contributed by atoms with Crippen molar-refractivity contribution in [2.75, 3.05) is 26.3 Å². The molecule has 0 aromatic carbocycles. The second-order valence-corrected chi connectivity index (χ2v) is 6.32. The maximum absolute atomic E-state index is 12.9. The Kier molecular flexibility index (Phi) is 4.94. The van der Waals surface area contributed by atoms with Crippen LogP contribution in [0.3, 0.4) is 0 Å². The van der Waals surface area contributed by atoms with Crippen LogP contribution >= 0.6 is 0 Å². The zero-order valence-electron chi connectivity index (χ0n) is 14.5. The first-order chi connectivity index (χ1) is 11.6. The molecule has 2 aromatic heterocycles. The van der Waals surface area contributed by atoms with Crippen LogP contribution in [0.1, 0.15) is 34.5 Å². The minimum Gasteiger partial charge on any atom is -0.381 e. The van der Waals surface area contributed by atoms with Crippen LogP contribution in [0.2, 0.25) is 0 Å². The lowest BCUT2D eigenvalue weighted by molar-refractivity contribution is 0.0761. The molecule has 0 spiro atoms. The molecule has 1 aliphatic rings. The van der Waals surface area contributed by atoms with Crippen molar-refractivity contribution >= 4 is 5.91 Å². The van der Waals surface area contributed by atoms with Gasteiger partial charge in [-0.3, -0.25) is 14.5 Å². The van der Waals surface area contributed by atoms with Crippen LogP contribution in [-0.2, 0) is 11.8 Å². The third-order valence-corrected chi connectivity index (χ3v) is 4.65. The van der Waals surface area contributed by atoms with Gasteiger partial charge < -0.3 is 9.64 Å². The minimum atomic E-state index is 0.0495. The van der Waals surface area contributed by atoms with Crippen LogP contribution in [0.4, 0.5) is 0 Å². The van der Waals surface area contributed by atoms with E-state index in [1.54, 1.807) is 6.20 Å². The van der Waals surface area contributed by atoms with Crippen LogP contribution in [0.15, 0.2) is 30.7 Å². The number of likely N-dealkylation sites (tertiary alicyclic amines) is 1. The Balaban J connectivity index is 1.81. The summed E-state index contributed by atoms with van der Waals surface area (Å²) >= 11 is 0. The number of amides is 1. The fraction of sp³-hybridized carbons (Fsp3) is 0.500. The number of hydrogen-bond acceptors (Lipinski definition) is 4. The average Bonchev–Trinajstić information content (AvgIpc) is 3.19. The highest BCUT2D eigenvalue weighted by molar-refractivity contribution is 5.95.